The van der Waals surface area contributed by atoms with Gasteiger partial charge in [0, 0.05) is 37.1 Å². The molecule has 0 amide bonds. The van der Waals surface area contributed by atoms with Gasteiger partial charge in [0.05, 0.1) is 5.56 Å². The highest BCUT2D eigenvalue weighted by molar-refractivity contribution is 5.79. The number of hydrogen-bond donors (Lipinski definition) is 0. The summed E-state index contributed by atoms with van der Waals surface area (Å²) in [5.41, 5.74) is 2.68. The van der Waals surface area contributed by atoms with Crippen molar-refractivity contribution in [3.8, 4) is 6.07 Å². The summed E-state index contributed by atoms with van der Waals surface area (Å²) in [6.45, 7) is 1.81. The molecule has 0 radical (unpaired) electrons. The Morgan fingerprint density at radius 1 is 1.08 bits per heavy atom. The molecule has 5 nitrogen and oxygen atoms in total. The normalized spacial score (nSPS) is 17.9. The zero-order chi connectivity index (χ0) is 17.1. The van der Waals surface area contributed by atoms with Gasteiger partial charge in [0.15, 0.2) is 5.65 Å². The van der Waals surface area contributed by atoms with E-state index in [1.165, 1.54) is 5.56 Å². The number of aromatic nitrogens is 3. The van der Waals surface area contributed by atoms with Crippen molar-refractivity contribution in [2.24, 2.45) is 0 Å². The summed E-state index contributed by atoms with van der Waals surface area (Å²) in [6.07, 6.45) is 8.75. The smallest absolute Gasteiger partial charge is 0.161 e. The number of hydrogen-bond acceptors (Lipinski definition) is 5. The lowest BCUT2D eigenvalue weighted by Crippen LogP contribution is -2.26. The number of rotatable bonds is 2. The van der Waals surface area contributed by atoms with Crippen molar-refractivity contribution in [2.75, 3.05) is 18.0 Å². The number of nitriles is 1. The molecule has 0 bridgehead atoms. The van der Waals surface area contributed by atoms with Crippen LogP contribution in [-0.4, -0.2) is 28.0 Å². The molecular weight excluding hydrogens is 310 g/mol. The minimum Gasteiger partial charge on any atom is -0.355 e. The van der Waals surface area contributed by atoms with Gasteiger partial charge in [-0.05, 0) is 61.1 Å². The molecule has 4 heterocycles. The van der Waals surface area contributed by atoms with Crippen molar-refractivity contribution in [1.82, 2.24) is 15.0 Å². The summed E-state index contributed by atoms with van der Waals surface area (Å²) in [4.78, 5) is 15.4. The average molecular weight is 329 g/mol. The van der Waals surface area contributed by atoms with Gasteiger partial charge >= 0.3 is 0 Å². The van der Waals surface area contributed by atoms with Crippen LogP contribution in [0.5, 0.6) is 0 Å². The van der Waals surface area contributed by atoms with Crippen LogP contribution in [0, 0.1) is 11.3 Å². The van der Waals surface area contributed by atoms with Gasteiger partial charge in [0.25, 0.3) is 0 Å². The van der Waals surface area contributed by atoms with E-state index in [2.05, 4.69) is 33.1 Å². The molecule has 3 aromatic rings. The predicted molar refractivity (Wildman–Crippen MR) is 97.3 cm³/mol. The van der Waals surface area contributed by atoms with E-state index in [9.17, 15) is 5.26 Å². The van der Waals surface area contributed by atoms with Crippen molar-refractivity contribution in [2.45, 2.75) is 25.2 Å². The van der Waals surface area contributed by atoms with Crippen molar-refractivity contribution in [1.29, 1.82) is 5.26 Å². The summed E-state index contributed by atoms with van der Waals surface area (Å²) in [7, 11) is 0. The monoisotopic (exact) mass is 329 g/mol. The second-order valence-corrected chi connectivity index (χ2v) is 6.42. The molecule has 1 atom stereocenters. The molecule has 1 fully saturated rings. The maximum atomic E-state index is 9.56. The minimum absolute atomic E-state index is 0.539. The van der Waals surface area contributed by atoms with Gasteiger partial charge in [0.1, 0.15) is 11.9 Å². The third kappa shape index (κ3) is 3.16. The molecule has 0 spiro atoms. The number of fused-ring (bicyclic) bond motifs is 1. The largest absolute Gasteiger partial charge is 0.355 e. The maximum absolute atomic E-state index is 9.56. The molecule has 3 aromatic heterocycles. The Labute approximate surface area is 147 Å². The second kappa shape index (κ2) is 6.86. The van der Waals surface area contributed by atoms with Gasteiger partial charge in [-0.15, -0.1) is 0 Å². The van der Waals surface area contributed by atoms with E-state index in [0.717, 1.165) is 43.6 Å². The van der Waals surface area contributed by atoms with Gasteiger partial charge in [-0.1, -0.05) is 0 Å². The Bertz CT molecular complexity index is 916. The van der Waals surface area contributed by atoms with Gasteiger partial charge in [-0.2, -0.15) is 5.26 Å². The number of nitrogens with zero attached hydrogens (tertiary/aromatic N) is 5. The molecule has 25 heavy (non-hydrogen) atoms. The van der Waals surface area contributed by atoms with E-state index in [-0.39, 0.29) is 0 Å². The molecule has 0 aliphatic carbocycles. The predicted octanol–water partition coefficient (Wildman–Crippen LogP) is 3.67. The van der Waals surface area contributed by atoms with E-state index >= 15 is 0 Å². The fourth-order valence-electron chi connectivity index (χ4n) is 3.60. The van der Waals surface area contributed by atoms with Gasteiger partial charge in [-0.3, -0.25) is 4.98 Å². The molecule has 5 heteroatoms. The van der Waals surface area contributed by atoms with Crippen molar-refractivity contribution >= 4 is 16.9 Å². The quantitative estimate of drug-likeness (QED) is 0.717. The van der Waals surface area contributed by atoms with Crippen LogP contribution in [0.2, 0.25) is 0 Å². The Morgan fingerprint density at radius 3 is 2.80 bits per heavy atom. The summed E-state index contributed by atoms with van der Waals surface area (Å²) in [5.74, 6) is 1.31. The standard InChI is InChI=1S/C20H19N5/c21-14-18-13-17-3-1-8-23-19(17)24-20(18)25-11-2-4-15(7-12-25)16-5-9-22-10-6-16/h1,3,5-6,8-10,13,15H,2,4,7,11-12H2. The van der Waals surface area contributed by atoms with Crippen molar-refractivity contribution in [3.63, 3.8) is 0 Å². The minimum atomic E-state index is 0.539. The average Bonchev–Trinajstić information content (AvgIpc) is 2.94. The van der Waals surface area contributed by atoms with E-state index < -0.39 is 0 Å². The molecule has 1 unspecified atom stereocenters. The molecule has 1 aliphatic rings. The van der Waals surface area contributed by atoms with Crippen LogP contribution in [-0.2, 0) is 0 Å². The second-order valence-electron chi connectivity index (χ2n) is 6.42. The summed E-state index contributed by atoms with van der Waals surface area (Å²) in [6, 6.07) is 12.2. The van der Waals surface area contributed by atoms with Crippen LogP contribution in [0.25, 0.3) is 11.0 Å². The van der Waals surface area contributed by atoms with Crippen LogP contribution in [0.4, 0.5) is 5.82 Å². The van der Waals surface area contributed by atoms with Crippen LogP contribution in [0.3, 0.4) is 0 Å². The number of pyridine rings is 3. The maximum Gasteiger partial charge on any atom is 0.161 e. The van der Waals surface area contributed by atoms with Gasteiger partial charge in [-0.25, -0.2) is 9.97 Å². The Morgan fingerprint density at radius 2 is 1.96 bits per heavy atom. The molecule has 4 rings (SSSR count). The summed E-state index contributed by atoms with van der Waals surface area (Å²) < 4.78 is 0. The summed E-state index contributed by atoms with van der Waals surface area (Å²) >= 11 is 0. The molecule has 1 aliphatic heterocycles. The third-order valence-electron chi connectivity index (χ3n) is 4.90. The summed E-state index contributed by atoms with van der Waals surface area (Å²) in [5, 5.41) is 10.5. The van der Waals surface area contributed by atoms with Crippen molar-refractivity contribution < 1.29 is 0 Å². The lowest BCUT2D eigenvalue weighted by atomic mass is 9.93. The fourth-order valence-corrected chi connectivity index (χ4v) is 3.60. The van der Waals surface area contributed by atoms with Crippen molar-refractivity contribution in [3.05, 3.63) is 60.0 Å². The number of anilines is 1. The Kier molecular flexibility index (Phi) is 4.26. The van der Waals surface area contributed by atoms with E-state index in [1.807, 2.05) is 30.6 Å². The van der Waals surface area contributed by atoms with Crippen LogP contribution in [0.15, 0.2) is 48.9 Å². The van der Waals surface area contributed by atoms with Crippen LogP contribution < -0.4 is 4.90 Å². The fraction of sp³-hybridized carbons (Fsp3) is 0.300. The van der Waals surface area contributed by atoms with Gasteiger partial charge in [0.2, 0.25) is 0 Å². The first-order valence-corrected chi connectivity index (χ1v) is 8.66. The zero-order valence-corrected chi connectivity index (χ0v) is 14.0. The topological polar surface area (TPSA) is 65.7 Å². The first-order valence-electron chi connectivity index (χ1n) is 8.66. The SMILES string of the molecule is N#Cc1cc2cccnc2nc1N1CCCC(c2ccncc2)CC1. The van der Waals surface area contributed by atoms with Gasteiger partial charge < -0.3 is 4.90 Å². The lowest BCUT2D eigenvalue weighted by Gasteiger charge is -2.23. The highest BCUT2D eigenvalue weighted by Gasteiger charge is 2.21. The molecular formula is C20H19N5. The van der Waals surface area contributed by atoms with E-state index in [4.69, 9.17) is 4.98 Å². The Balaban J connectivity index is 1.62. The third-order valence-corrected chi connectivity index (χ3v) is 4.90. The van der Waals surface area contributed by atoms with Crippen LogP contribution in [0.1, 0.15) is 36.3 Å². The highest BCUT2D eigenvalue weighted by atomic mass is 15.2. The van der Waals surface area contributed by atoms with E-state index in [1.54, 1.807) is 6.20 Å². The first-order chi connectivity index (χ1) is 12.3. The lowest BCUT2D eigenvalue weighted by molar-refractivity contribution is 0.611. The van der Waals surface area contributed by atoms with E-state index in [0.29, 0.717) is 17.1 Å². The molecule has 1 saturated heterocycles. The molecule has 0 saturated carbocycles. The zero-order valence-electron chi connectivity index (χ0n) is 14.0. The highest BCUT2D eigenvalue weighted by Crippen LogP contribution is 2.30. The molecule has 124 valence electrons. The molecule has 0 aromatic carbocycles. The first kappa shape index (κ1) is 15.5. The van der Waals surface area contributed by atoms with Crippen LogP contribution >= 0.6 is 0 Å². The Hall–Kier alpha value is -3.00. The molecule has 0 N–H and O–H groups in total.